The minimum atomic E-state index is 0.0273. The molecule has 0 radical (unpaired) electrons. The molecule has 1 atom stereocenters. The van der Waals surface area contributed by atoms with Crippen LogP contribution < -0.4 is 10.5 Å². The number of thiophene rings is 1. The molecule has 0 aliphatic rings. The topological polar surface area (TPSA) is 35.2 Å². The van der Waals surface area contributed by atoms with Crippen LogP contribution in [-0.4, -0.2) is 6.54 Å². The van der Waals surface area contributed by atoms with Gasteiger partial charge in [-0.25, -0.2) is 0 Å². The van der Waals surface area contributed by atoms with Gasteiger partial charge >= 0.3 is 0 Å². The highest BCUT2D eigenvalue weighted by Crippen LogP contribution is 2.33. The average molecular weight is 297 g/mol. The third kappa shape index (κ3) is 3.09. The van der Waals surface area contributed by atoms with E-state index in [-0.39, 0.29) is 6.10 Å². The van der Waals surface area contributed by atoms with E-state index in [1.807, 2.05) is 24.3 Å². The lowest BCUT2D eigenvalue weighted by Crippen LogP contribution is -2.12. The van der Waals surface area contributed by atoms with Gasteiger partial charge in [-0.2, -0.15) is 0 Å². The number of benzene rings is 2. The Hall–Kier alpha value is -1.84. The van der Waals surface area contributed by atoms with Crippen molar-refractivity contribution >= 4 is 22.1 Å². The molecule has 2 nitrogen and oxygen atoms in total. The average Bonchev–Trinajstić information content (AvgIpc) is 2.94. The first-order valence-corrected chi connectivity index (χ1v) is 8.00. The number of hydrogen-bond acceptors (Lipinski definition) is 3. The first-order chi connectivity index (χ1) is 10.3. The van der Waals surface area contributed by atoms with Gasteiger partial charge in [0.1, 0.15) is 11.9 Å². The van der Waals surface area contributed by atoms with Crippen LogP contribution in [0.2, 0.25) is 0 Å². The lowest BCUT2D eigenvalue weighted by Gasteiger charge is -2.18. The molecule has 2 N–H and O–H groups in total. The summed E-state index contributed by atoms with van der Waals surface area (Å²) in [4.78, 5) is 2.54. The summed E-state index contributed by atoms with van der Waals surface area (Å²) in [5, 5.41) is 2.35. The predicted molar refractivity (Wildman–Crippen MR) is 90.0 cm³/mol. The summed E-state index contributed by atoms with van der Waals surface area (Å²) in [5.41, 5.74) is 5.76. The maximum absolute atomic E-state index is 6.30. The minimum Gasteiger partial charge on any atom is -0.484 e. The molecule has 21 heavy (non-hydrogen) atoms. The zero-order chi connectivity index (χ0) is 14.7. The molecule has 0 amide bonds. The van der Waals surface area contributed by atoms with Crippen LogP contribution in [0.1, 0.15) is 22.3 Å². The summed E-state index contributed by atoms with van der Waals surface area (Å²) in [6.07, 6.45) is 0.850. The lowest BCUT2D eigenvalue weighted by atomic mass is 10.1. The molecule has 0 saturated carbocycles. The predicted octanol–water partition coefficient (Wildman–Crippen LogP) is 4.68. The third-order valence-electron chi connectivity index (χ3n) is 3.53. The van der Waals surface area contributed by atoms with Crippen LogP contribution in [0, 0.1) is 6.92 Å². The highest BCUT2D eigenvalue weighted by molar-refractivity contribution is 7.12. The molecular formula is C18H19NOS. The van der Waals surface area contributed by atoms with Crippen LogP contribution in [-0.2, 0) is 0 Å². The highest BCUT2D eigenvalue weighted by atomic mass is 32.1. The molecule has 1 aromatic heterocycles. The van der Waals surface area contributed by atoms with Crippen molar-refractivity contribution in [2.75, 3.05) is 6.54 Å². The number of nitrogens with two attached hydrogens (primary N) is 1. The van der Waals surface area contributed by atoms with E-state index in [2.05, 4.69) is 37.3 Å². The molecule has 0 fully saturated rings. The van der Waals surface area contributed by atoms with Gasteiger partial charge in [0.15, 0.2) is 0 Å². The Labute approximate surface area is 129 Å². The molecule has 0 bridgehead atoms. The van der Waals surface area contributed by atoms with E-state index in [1.54, 1.807) is 11.3 Å². The van der Waals surface area contributed by atoms with Crippen molar-refractivity contribution in [3.8, 4) is 5.75 Å². The van der Waals surface area contributed by atoms with Crippen molar-refractivity contribution in [2.45, 2.75) is 19.4 Å². The summed E-state index contributed by atoms with van der Waals surface area (Å²) < 4.78 is 6.30. The van der Waals surface area contributed by atoms with E-state index in [0.717, 1.165) is 17.6 Å². The molecule has 0 spiro atoms. The fourth-order valence-electron chi connectivity index (χ4n) is 2.49. The molecule has 1 unspecified atom stereocenters. The zero-order valence-corrected chi connectivity index (χ0v) is 12.9. The summed E-state index contributed by atoms with van der Waals surface area (Å²) in [7, 11) is 0. The molecule has 3 aromatic rings. The van der Waals surface area contributed by atoms with Crippen molar-refractivity contribution < 1.29 is 4.74 Å². The largest absolute Gasteiger partial charge is 0.484 e. The first-order valence-electron chi connectivity index (χ1n) is 7.19. The molecule has 0 saturated heterocycles. The minimum absolute atomic E-state index is 0.0273. The normalized spacial score (nSPS) is 12.5. The van der Waals surface area contributed by atoms with Crippen molar-refractivity contribution in [1.29, 1.82) is 0 Å². The van der Waals surface area contributed by atoms with Crippen LogP contribution in [0.3, 0.4) is 0 Å². The molecule has 0 aliphatic carbocycles. The Bertz CT molecular complexity index is 729. The number of hydrogen-bond donors (Lipinski definition) is 1. The van der Waals surface area contributed by atoms with E-state index in [1.165, 1.54) is 15.1 Å². The van der Waals surface area contributed by atoms with E-state index in [4.69, 9.17) is 10.5 Å². The molecule has 3 rings (SSSR count). The van der Waals surface area contributed by atoms with Crippen LogP contribution >= 0.6 is 11.3 Å². The van der Waals surface area contributed by atoms with Crippen LogP contribution in [0.25, 0.3) is 10.8 Å². The summed E-state index contributed by atoms with van der Waals surface area (Å²) in [6, 6.07) is 18.8. The number of aryl methyl sites for hydroxylation is 1. The lowest BCUT2D eigenvalue weighted by molar-refractivity contribution is 0.204. The van der Waals surface area contributed by atoms with Crippen LogP contribution in [0.4, 0.5) is 0 Å². The van der Waals surface area contributed by atoms with Gasteiger partial charge < -0.3 is 10.5 Å². The SMILES string of the molecule is Cc1ccc(C(CCN)Oc2cccc3ccccc23)s1. The molecule has 2 aromatic carbocycles. The third-order valence-corrected chi connectivity index (χ3v) is 4.62. The van der Waals surface area contributed by atoms with Crippen molar-refractivity contribution in [3.63, 3.8) is 0 Å². The Morgan fingerprint density at radius 1 is 1.05 bits per heavy atom. The van der Waals surface area contributed by atoms with Gasteiger partial charge in [0.25, 0.3) is 0 Å². The monoisotopic (exact) mass is 297 g/mol. The van der Waals surface area contributed by atoms with E-state index in [9.17, 15) is 0 Å². The van der Waals surface area contributed by atoms with Gasteiger partial charge in [-0.1, -0.05) is 36.4 Å². The van der Waals surface area contributed by atoms with Crippen molar-refractivity contribution in [3.05, 3.63) is 64.4 Å². The molecule has 0 aliphatic heterocycles. The second-order valence-electron chi connectivity index (χ2n) is 5.11. The first kappa shape index (κ1) is 14.1. The Morgan fingerprint density at radius 3 is 2.62 bits per heavy atom. The van der Waals surface area contributed by atoms with Crippen molar-refractivity contribution in [2.24, 2.45) is 5.73 Å². The molecular weight excluding hydrogens is 278 g/mol. The standard InChI is InChI=1S/C18H19NOS/c1-13-9-10-18(21-13)17(11-12-19)20-16-8-4-6-14-5-2-3-7-15(14)16/h2-10,17H,11-12,19H2,1H3. The Balaban J connectivity index is 1.94. The van der Waals surface area contributed by atoms with Gasteiger partial charge in [-0.05, 0) is 37.1 Å². The van der Waals surface area contributed by atoms with Gasteiger partial charge in [-0.15, -0.1) is 11.3 Å². The van der Waals surface area contributed by atoms with Crippen molar-refractivity contribution in [1.82, 2.24) is 0 Å². The maximum Gasteiger partial charge on any atom is 0.134 e. The van der Waals surface area contributed by atoms with E-state index < -0.39 is 0 Å². The second-order valence-corrected chi connectivity index (χ2v) is 6.43. The Morgan fingerprint density at radius 2 is 1.86 bits per heavy atom. The van der Waals surface area contributed by atoms with Gasteiger partial charge in [0, 0.05) is 21.6 Å². The summed E-state index contributed by atoms with van der Waals surface area (Å²) >= 11 is 1.78. The fourth-order valence-corrected chi connectivity index (χ4v) is 3.43. The van der Waals surface area contributed by atoms with Crippen LogP contribution in [0.5, 0.6) is 5.75 Å². The molecule has 108 valence electrons. The molecule has 3 heteroatoms. The molecule has 1 heterocycles. The summed E-state index contributed by atoms with van der Waals surface area (Å²) in [5.74, 6) is 0.928. The van der Waals surface area contributed by atoms with E-state index >= 15 is 0 Å². The number of fused-ring (bicyclic) bond motifs is 1. The van der Waals surface area contributed by atoms with E-state index in [0.29, 0.717) is 6.54 Å². The van der Waals surface area contributed by atoms with Gasteiger partial charge in [0.05, 0.1) is 0 Å². The summed E-state index contributed by atoms with van der Waals surface area (Å²) in [6.45, 7) is 2.73. The highest BCUT2D eigenvalue weighted by Gasteiger charge is 2.15. The maximum atomic E-state index is 6.30. The van der Waals surface area contributed by atoms with Gasteiger partial charge in [-0.3, -0.25) is 0 Å². The Kier molecular flexibility index (Phi) is 4.23. The smallest absolute Gasteiger partial charge is 0.134 e. The van der Waals surface area contributed by atoms with Crippen LogP contribution in [0.15, 0.2) is 54.6 Å². The zero-order valence-electron chi connectivity index (χ0n) is 12.1. The second kappa shape index (κ2) is 6.29. The van der Waals surface area contributed by atoms with Gasteiger partial charge in [0.2, 0.25) is 0 Å². The number of rotatable bonds is 5. The fraction of sp³-hybridized carbons (Fsp3) is 0.222. The number of ether oxygens (including phenoxy) is 1. The quantitative estimate of drug-likeness (QED) is 0.742.